The van der Waals surface area contributed by atoms with Crippen molar-refractivity contribution in [3.63, 3.8) is 0 Å². The van der Waals surface area contributed by atoms with E-state index in [0.29, 0.717) is 30.2 Å². The SMILES string of the molecule is C=C/C=C1/CN(c2cc(-c3cn[nH]c3)nc(/C(=C(\N)C(=O)O)C(C)(C)C)n2)CC1=C. The zero-order chi connectivity index (χ0) is 22.1. The van der Waals surface area contributed by atoms with Gasteiger partial charge in [-0.05, 0) is 16.6 Å². The van der Waals surface area contributed by atoms with Crippen molar-refractivity contribution in [1.29, 1.82) is 0 Å². The highest BCUT2D eigenvalue weighted by molar-refractivity contribution is 5.95. The fourth-order valence-corrected chi connectivity index (χ4v) is 3.39. The first kappa shape index (κ1) is 21.0. The minimum Gasteiger partial charge on any atom is -0.477 e. The molecule has 0 aliphatic carbocycles. The van der Waals surface area contributed by atoms with Crippen LogP contribution in [0.1, 0.15) is 26.6 Å². The second-order valence-electron chi connectivity index (χ2n) is 8.15. The van der Waals surface area contributed by atoms with E-state index >= 15 is 0 Å². The van der Waals surface area contributed by atoms with Crippen LogP contribution in [0.25, 0.3) is 16.8 Å². The number of nitrogens with two attached hydrogens (primary N) is 1. The maximum atomic E-state index is 11.7. The molecule has 1 saturated heterocycles. The lowest BCUT2D eigenvalue weighted by molar-refractivity contribution is -0.132. The Balaban J connectivity index is 2.21. The van der Waals surface area contributed by atoms with Gasteiger partial charge in [0.25, 0.3) is 0 Å². The van der Waals surface area contributed by atoms with Crippen molar-refractivity contribution in [2.75, 3.05) is 18.0 Å². The van der Waals surface area contributed by atoms with Crippen LogP contribution in [0.2, 0.25) is 0 Å². The second-order valence-corrected chi connectivity index (χ2v) is 8.15. The molecule has 0 saturated carbocycles. The van der Waals surface area contributed by atoms with Gasteiger partial charge in [0.05, 0.1) is 11.9 Å². The first-order valence-corrected chi connectivity index (χ1v) is 9.48. The first-order valence-electron chi connectivity index (χ1n) is 9.48. The average molecular weight is 406 g/mol. The number of hydrogen-bond acceptors (Lipinski definition) is 6. The lowest BCUT2D eigenvalue weighted by Crippen LogP contribution is -2.24. The summed E-state index contributed by atoms with van der Waals surface area (Å²) in [5, 5.41) is 16.3. The number of nitrogens with one attached hydrogen (secondary N) is 1. The van der Waals surface area contributed by atoms with E-state index in [9.17, 15) is 9.90 Å². The smallest absolute Gasteiger partial charge is 0.352 e. The molecule has 8 nitrogen and oxygen atoms in total. The normalized spacial score (nSPS) is 16.7. The van der Waals surface area contributed by atoms with E-state index in [0.717, 1.165) is 16.7 Å². The van der Waals surface area contributed by atoms with Crippen molar-refractivity contribution < 1.29 is 9.90 Å². The Kier molecular flexibility index (Phi) is 5.60. The molecule has 0 spiro atoms. The van der Waals surface area contributed by atoms with E-state index in [1.54, 1.807) is 18.5 Å². The number of allylic oxidation sites excluding steroid dienone is 3. The summed E-state index contributed by atoms with van der Waals surface area (Å²) in [4.78, 5) is 23.1. The topological polar surface area (TPSA) is 121 Å². The summed E-state index contributed by atoms with van der Waals surface area (Å²) >= 11 is 0. The molecule has 8 heteroatoms. The number of H-pyrrole nitrogens is 1. The molecule has 0 aromatic carbocycles. The first-order chi connectivity index (χ1) is 14.1. The molecule has 0 amide bonds. The fourth-order valence-electron chi connectivity index (χ4n) is 3.39. The molecular weight excluding hydrogens is 380 g/mol. The monoisotopic (exact) mass is 406 g/mol. The van der Waals surface area contributed by atoms with Gasteiger partial charge in [0.2, 0.25) is 0 Å². The van der Waals surface area contributed by atoms with E-state index < -0.39 is 11.4 Å². The number of carboxylic acid groups (broad SMARTS) is 1. The summed E-state index contributed by atoms with van der Waals surface area (Å²) in [6.45, 7) is 14.8. The van der Waals surface area contributed by atoms with Crippen LogP contribution in [-0.4, -0.2) is 44.3 Å². The Morgan fingerprint density at radius 3 is 2.63 bits per heavy atom. The standard InChI is InChI=1S/C22H26N6O2/c1-6-7-14-12-28(11-13(14)2)17-8-16(15-9-24-25-10-15)26-20(27-17)18(22(3,4)5)19(23)21(29)30/h6-10H,1-2,11-12,23H2,3-5H3,(H,24,25)(H,29,30)/b14-7-,19-18+. The molecule has 3 rings (SSSR count). The van der Waals surface area contributed by atoms with E-state index in [2.05, 4.69) is 33.2 Å². The van der Waals surface area contributed by atoms with Gasteiger partial charge >= 0.3 is 5.97 Å². The van der Waals surface area contributed by atoms with E-state index in [1.165, 1.54) is 0 Å². The quantitative estimate of drug-likeness (QED) is 0.652. The number of hydrogen-bond donors (Lipinski definition) is 3. The Bertz CT molecular complexity index is 1060. The zero-order valence-electron chi connectivity index (χ0n) is 17.4. The molecule has 1 aliphatic rings. The summed E-state index contributed by atoms with van der Waals surface area (Å²) in [6, 6.07) is 1.86. The number of rotatable bonds is 5. The van der Waals surface area contributed by atoms with Crippen LogP contribution in [0.15, 0.2) is 60.6 Å². The molecule has 0 atom stereocenters. The minimum atomic E-state index is -1.20. The van der Waals surface area contributed by atoms with E-state index in [1.807, 2.05) is 32.9 Å². The molecule has 2 aromatic heterocycles. The predicted octanol–water partition coefficient (Wildman–Crippen LogP) is 3.16. The molecule has 0 unspecified atom stereocenters. The number of anilines is 1. The molecule has 4 N–H and O–H groups in total. The molecule has 156 valence electrons. The van der Waals surface area contributed by atoms with Gasteiger partial charge < -0.3 is 15.7 Å². The van der Waals surface area contributed by atoms with Crippen molar-refractivity contribution in [2.24, 2.45) is 11.1 Å². The van der Waals surface area contributed by atoms with Gasteiger partial charge in [-0.2, -0.15) is 5.10 Å². The van der Waals surface area contributed by atoms with Gasteiger partial charge in [0.1, 0.15) is 11.5 Å². The summed E-state index contributed by atoms with van der Waals surface area (Å²) < 4.78 is 0. The van der Waals surface area contributed by atoms with Crippen molar-refractivity contribution >= 4 is 17.4 Å². The van der Waals surface area contributed by atoms with Gasteiger partial charge in [-0.3, -0.25) is 5.10 Å². The van der Waals surface area contributed by atoms with Gasteiger partial charge in [0, 0.05) is 36.5 Å². The van der Waals surface area contributed by atoms with Crippen molar-refractivity contribution in [2.45, 2.75) is 20.8 Å². The third-order valence-electron chi connectivity index (χ3n) is 4.82. The maximum absolute atomic E-state index is 11.7. The van der Waals surface area contributed by atoms with Crippen LogP contribution in [0.4, 0.5) is 5.82 Å². The summed E-state index contributed by atoms with van der Waals surface area (Å²) in [5.74, 6) is -0.267. The largest absolute Gasteiger partial charge is 0.477 e. The van der Waals surface area contributed by atoms with Crippen LogP contribution < -0.4 is 10.6 Å². The van der Waals surface area contributed by atoms with Crippen LogP contribution in [0, 0.1) is 5.41 Å². The number of nitrogens with zero attached hydrogens (tertiary/aromatic N) is 4. The molecule has 0 radical (unpaired) electrons. The number of aliphatic carboxylic acids is 1. The fraction of sp³-hybridized carbons (Fsp3) is 0.273. The van der Waals surface area contributed by atoms with Crippen molar-refractivity contribution in [3.8, 4) is 11.3 Å². The molecule has 2 aromatic rings. The van der Waals surface area contributed by atoms with E-state index in [-0.39, 0.29) is 11.5 Å². The number of aromatic nitrogens is 4. The Hall–Kier alpha value is -3.68. The molecule has 30 heavy (non-hydrogen) atoms. The van der Waals surface area contributed by atoms with Crippen LogP contribution >= 0.6 is 0 Å². The Labute approximate surface area is 175 Å². The van der Waals surface area contributed by atoms with Gasteiger partial charge in [-0.25, -0.2) is 14.8 Å². The van der Waals surface area contributed by atoms with E-state index in [4.69, 9.17) is 10.7 Å². The highest BCUT2D eigenvalue weighted by Gasteiger charge is 2.29. The minimum absolute atomic E-state index is 0.268. The average Bonchev–Trinajstić information content (AvgIpc) is 3.31. The van der Waals surface area contributed by atoms with Gasteiger partial charge in [0.15, 0.2) is 5.82 Å². The molecule has 0 bridgehead atoms. The predicted molar refractivity (Wildman–Crippen MR) is 117 cm³/mol. The van der Waals surface area contributed by atoms with Crippen LogP contribution in [0.5, 0.6) is 0 Å². The number of carbonyl (C=O) groups is 1. The lowest BCUT2D eigenvalue weighted by Gasteiger charge is -2.25. The van der Waals surface area contributed by atoms with Gasteiger partial charge in [-0.15, -0.1) is 0 Å². The zero-order valence-corrected chi connectivity index (χ0v) is 17.4. The number of aromatic amines is 1. The maximum Gasteiger partial charge on any atom is 0.352 e. The highest BCUT2D eigenvalue weighted by atomic mass is 16.4. The van der Waals surface area contributed by atoms with Crippen molar-refractivity contribution in [1.82, 2.24) is 20.2 Å². The molecule has 3 heterocycles. The summed E-state index contributed by atoms with van der Waals surface area (Å²) in [7, 11) is 0. The highest BCUT2D eigenvalue weighted by Crippen LogP contribution is 2.36. The third kappa shape index (κ3) is 4.17. The van der Waals surface area contributed by atoms with Crippen molar-refractivity contribution in [3.05, 3.63) is 66.4 Å². The third-order valence-corrected chi connectivity index (χ3v) is 4.82. The number of carboxylic acids is 1. The molecular formula is C22H26N6O2. The second kappa shape index (κ2) is 7.98. The molecule has 1 fully saturated rings. The Morgan fingerprint density at radius 2 is 2.07 bits per heavy atom. The summed E-state index contributed by atoms with van der Waals surface area (Å²) in [6.07, 6.45) is 7.05. The van der Waals surface area contributed by atoms with Crippen LogP contribution in [0.3, 0.4) is 0 Å². The summed E-state index contributed by atoms with van der Waals surface area (Å²) in [5.41, 5.74) is 8.94. The van der Waals surface area contributed by atoms with Gasteiger partial charge in [-0.1, -0.05) is 46.1 Å². The van der Waals surface area contributed by atoms with Crippen LogP contribution in [-0.2, 0) is 4.79 Å². The lowest BCUT2D eigenvalue weighted by atomic mass is 9.84. The molecule has 1 aliphatic heterocycles. The Morgan fingerprint density at radius 1 is 1.33 bits per heavy atom.